The summed E-state index contributed by atoms with van der Waals surface area (Å²) in [6.07, 6.45) is -8.76. The van der Waals surface area contributed by atoms with Crippen LogP contribution in [0.25, 0.3) is 0 Å². The quantitative estimate of drug-likeness (QED) is 0.0281. The van der Waals surface area contributed by atoms with Crippen LogP contribution < -0.4 is 16.1 Å². The molecule has 75 heavy (non-hydrogen) atoms. The molecule has 0 aliphatic heterocycles. The molecule has 1 aromatic heterocycles. The summed E-state index contributed by atoms with van der Waals surface area (Å²) in [4.78, 5) is 104. The van der Waals surface area contributed by atoms with Gasteiger partial charge < -0.3 is 43.8 Å². The molecule has 1 aliphatic carbocycles. The van der Waals surface area contributed by atoms with Gasteiger partial charge in [0.15, 0.2) is 18.3 Å². The van der Waals surface area contributed by atoms with E-state index in [2.05, 4.69) is 35.0 Å². The normalized spacial score (nSPS) is 14.6. The average Bonchev–Trinajstić information content (AvgIpc) is 3.65. The molecule has 0 saturated heterocycles. The molecular weight excluding hydrogens is 1040 g/mol. The van der Waals surface area contributed by atoms with E-state index >= 15 is 0 Å². The number of nitrogens with one attached hydrogen (secondary N) is 3. The molecule has 0 radical (unpaired) electrons. The number of benzene rings is 2. The van der Waals surface area contributed by atoms with Gasteiger partial charge in [0.1, 0.15) is 11.6 Å². The van der Waals surface area contributed by atoms with E-state index in [0.29, 0.717) is 43.1 Å². The first-order chi connectivity index (χ1) is 35.2. The van der Waals surface area contributed by atoms with Gasteiger partial charge in [0.2, 0.25) is 6.10 Å². The average molecular weight is 1100 g/mol. The van der Waals surface area contributed by atoms with Gasteiger partial charge in [0.25, 0.3) is 17.7 Å². The van der Waals surface area contributed by atoms with E-state index in [-0.39, 0.29) is 42.9 Å². The van der Waals surface area contributed by atoms with Gasteiger partial charge in [-0.05, 0) is 72.7 Å². The van der Waals surface area contributed by atoms with Crippen molar-refractivity contribution < 1.29 is 84.7 Å². The van der Waals surface area contributed by atoms with Crippen LogP contribution in [-0.2, 0) is 87.5 Å². The highest BCUT2D eigenvalue weighted by molar-refractivity contribution is 7.17. The van der Waals surface area contributed by atoms with Gasteiger partial charge in [-0.2, -0.15) is 18.3 Å². The lowest BCUT2D eigenvalue weighted by Crippen LogP contribution is -2.57. The van der Waals surface area contributed by atoms with E-state index in [9.17, 15) is 51.5 Å². The Bertz CT molecular complexity index is 2570. The molecule has 3 N–H and O–H groups in total. The number of amides is 3. The van der Waals surface area contributed by atoms with Crippen LogP contribution >= 0.6 is 22.9 Å². The Morgan fingerprint density at radius 2 is 1.48 bits per heavy atom. The molecule has 3 amide bonds. The molecule has 0 spiro atoms. The van der Waals surface area contributed by atoms with Crippen molar-refractivity contribution in [3.05, 3.63) is 85.7 Å². The minimum Gasteiger partial charge on any atom is -0.462 e. The third-order valence-electron chi connectivity index (χ3n) is 11.0. The van der Waals surface area contributed by atoms with Crippen LogP contribution in [0.4, 0.5) is 18.2 Å². The van der Waals surface area contributed by atoms with Crippen molar-refractivity contribution in [3.8, 4) is 0 Å². The van der Waals surface area contributed by atoms with Crippen LogP contribution in [0, 0.1) is 5.41 Å². The second-order valence-corrected chi connectivity index (χ2v) is 19.5. The Morgan fingerprint density at radius 1 is 0.827 bits per heavy atom. The van der Waals surface area contributed by atoms with Gasteiger partial charge in [0.05, 0.1) is 48.8 Å². The first-order valence-corrected chi connectivity index (χ1v) is 24.6. The molecular formula is C50H61ClF3N5O15S. The maximum Gasteiger partial charge on any atom is 0.417 e. The fourth-order valence-electron chi connectivity index (χ4n) is 7.66. The lowest BCUT2D eigenvalue weighted by Gasteiger charge is -2.34. The van der Waals surface area contributed by atoms with E-state index in [4.69, 9.17) is 44.8 Å². The van der Waals surface area contributed by atoms with E-state index in [1.807, 2.05) is 18.0 Å². The third-order valence-corrected chi connectivity index (χ3v) is 12.5. The number of likely N-dealkylation sites (N-methyl/N-ethyl adjacent to an activating group) is 1. The molecule has 0 saturated carbocycles. The standard InChI is InChI=1S/C50H61ClF3N5O15S/c1-28(60)70-27-39(71-29(2)61)42(72-30(3)62)43(73-31(4)63)44(74-32(5)64)47(67)55-16-18-68-20-21-69-19-17-59(8)26-34-10-9-11-35(22-34)45(65)57-48-41(36-14-15-49(6,7)24-40(36)75-48)46(66)58-56-25-33-12-13-38(51)37(23-33)50(52,53)54/h9-13,22-23,25,39,42-44H,14-21,24,26-27H2,1-8H3,(H,55,67)(H,57,65)(H,58,66)/b56-25+/t39-,42-,43+,44-/m1/s1. The summed E-state index contributed by atoms with van der Waals surface area (Å²) in [5.74, 6) is -6.70. The number of halogens is 4. The highest BCUT2D eigenvalue weighted by Crippen LogP contribution is 2.44. The summed E-state index contributed by atoms with van der Waals surface area (Å²) >= 11 is 7.04. The van der Waals surface area contributed by atoms with Gasteiger partial charge in [-0.15, -0.1) is 11.3 Å². The Balaban J connectivity index is 1.28. The number of carbonyl (C=O) groups excluding carboxylic acids is 8. The van der Waals surface area contributed by atoms with E-state index < -0.39 is 95.4 Å². The summed E-state index contributed by atoms with van der Waals surface area (Å²) in [7, 11) is 1.86. The molecule has 4 rings (SSSR count). The summed E-state index contributed by atoms with van der Waals surface area (Å²) in [5.41, 5.74) is 3.58. The maximum absolute atomic E-state index is 13.7. The number of anilines is 1. The molecule has 25 heteroatoms. The molecule has 1 aliphatic rings. The number of rotatable bonds is 26. The maximum atomic E-state index is 13.7. The van der Waals surface area contributed by atoms with Gasteiger partial charge in [0, 0.05) is 64.7 Å². The monoisotopic (exact) mass is 1100 g/mol. The SMILES string of the molecule is CC(=O)OC[C@@H](OC(C)=O)[C@@H](OC(C)=O)[C@H](OC(C)=O)[C@@H](OC(C)=O)C(=O)NCCOCCOCCN(C)Cc1cccc(C(=O)Nc2sc3c(c2C(=O)N/N=C/c2ccc(Cl)c(C(F)(F)F)c2)CCC(C)(C)C3)c1. The van der Waals surface area contributed by atoms with Gasteiger partial charge in [-0.1, -0.05) is 43.6 Å². The van der Waals surface area contributed by atoms with Crippen LogP contribution in [0.2, 0.25) is 5.02 Å². The van der Waals surface area contributed by atoms with Crippen molar-refractivity contribution in [2.75, 3.05) is 58.5 Å². The topological polar surface area (TPSA) is 253 Å². The number of carbonyl (C=O) groups is 8. The number of alkyl halides is 3. The molecule has 0 unspecified atom stereocenters. The van der Waals surface area contributed by atoms with Crippen molar-refractivity contribution in [2.24, 2.45) is 10.5 Å². The molecule has 0 fully saturated rings. The zero-order valence-electron chi connectivity index (χ0n) is 42.6. The van der Waals surface area contributed by atoms with E-state index in [0.717, 1.165) is 75.4 Å². The fourth-order valence-corrected chi connectivity index (χ4v) is 9.38. The minimum atomic E-state index is -4.68. The first kappa shape index (κ1) is 61.1. The van der Waals surface area contributed by atoms with E-state index in [1.54, 1.807) is 18.2 Å². The van der Waals surface area contributed by atoms with Gasteiger partial charge >= 0.3 is 36.0 Å². The van der Waals surface area contributed by atoms with Crippen LogP contribution in [0.1, 0.15) is 103 Å². The van der Waals surface area contributed by atoms with Crippen molar-refractivity contribution in [1.82, 2.24) is 15.6 Å². The van der Waals surface area contributed by atoms with Crippen molar-refractivity contribution in [3.63, 3.8) is 0 Å². The number of fused-ring (bicyclic) bond motifs is 1. The number of ether oxygens (including phenoxy) is 7. The number of hydrogen-bond donors (Lipinski definition) is 3. The Labute approximate surface area is 440 Å². The predicted molar refractivity (Wildman–Crippen MR) is 266 cm³/mol. The number of nitrogens with zero attached hydrogens (tertiary/aromatic N) is 2. The fraction of sp³-hybridized carbons (Fsp3) is 0.500. The highest BCUT2D eigenvalue weighted by Gasteiger charge is 2.47. The number of hydrogen-bond acceptors (Lipinski definition) is 18. The van der Waals surface area contributed by atoms with Crippen molar-refractivity contribution >= 4 is 81.7 Å². The minimum absolute atomic E-state index is 0.0430. The van der Waals surface area contributed by atoms with Crippen LogP contribution in [0.5, 0.6) is 0 Å². The Hall–Kier alpha value is -6.47. The van der Waals surface area contributed by atoms with Gasteiger partial charge in [-0.3, -0.25) is 43.3 Å². The van der Waals surface area contributed by atoms with Crippen LogP contribution in [0.3, 0.4) is 0 Å². The summed E-state index contributed by atoms with van der Waals surface area (Å²) in [5, 5.41) is 9.18. The smallest absolute Gasteiger partial charge is 0.417 e. The van der Waals surface area contributed by atoms with Gasteiger partial charge in [-0.25, -0.2) is 5.43 Å². The lowest BCUT2D eigenvalue weighted by molar-refractivity contribution is -0.203. The second kappa shape index (κ2) is 28.4. The lowest BCUT2D eigenvalue weighted by atomic mass is 9.77. The van der Waals surface area contributed by atoms with Crippen LogP contribution in [-0.4, -0.2) is 136 Å². The van der Waals surface area contributed by atoms with Crippen molar-refractivity contribution in [1.29, 1.82) is 0 Å². The molecule has 3 aromatic rings. The zero-order valence-corrected chi connectivity index (χ0v) is 44.2. The summed E-state index contributed by atoms with van der Waals surface area (Å²) in [6, 6.07) is 10.2. The van der Waals surface area contributed by atoms with Crippen LogP contribution in [0.15, 0.2) is 47.6 Å². The largest absolute Gasteiger partial charge is 0.462 e. The Morgan fingerprint density at radius 3 is 2.12 bits per heavy atom. The highest BCUT2D eigenvalue weighted by atomic mass is 35.5. The zero-order chi connectivity index (χ0) is 55.6. The molecule has 20 nitrogen and oxygen atoms in total. The number of thiophene rings is 1. The number of hydrazone groups is 1. The molecule has 0 bridgehead atoms. The molecule has 1 heterocycles. The summed E-state index contributed by atoms with van der Waals surface area (Å²) < 4.78 is 77.5. The molecule has 410 valence electrons. The van der Waals surface area contributed by atoms with E-state index in [1.165, 1.54) is 17.4 Å². The Kier molecular flexibility index (Phi) is 23.2. The van der Waals surface area contributed by atoms with Crippen molar-refractivity contribution in [2.45, 2.75) is 105 Å². The number of esters is 5. The predicted octanol–water partition coefficient (Wildman–Crippen LogP) is 5.82. The second-order valence-electron chi connectivity index (χ2n) is 18.0. The first-order valence-electron chi connectivity index (χ1n) is 23.4. The third kappa shape index (κ3) is 20.0. The summed E-state index contributed by atoms with van der Waals surface area (Å²) in [6.45, 7) is 9.93. The molecule has 4 atom stereocenters. The molecule has 2 aromatic carbocycles.